The summed E-state index contributed by atoms with van der Waals surface area (Å²) in [5.41, 5.74) is 0.587. The molecule has 0 amide bonds. The number of alkyl halides is 6. The van der Waals surface area contributed by atoms with Gasteiger partial charge in [0, 0.05) is 5.88 Å². The van der Waals surface area contributed by atoms with Crippen LogP contribution in [0.1, 0.15) is 5.56 Å². The Morgan fingerprint density at radius 3 is 1.88 bits per heavy atom. The van der Waals surface area contributed by atoms with E-state index in [2.05, 4.69) is 4.74 Å². The zero-order chi connectivity index (χ0) is 12.4. The summed E-state index contributed by atoms with van der Waals surface area (Å²) < 4.78 is 63.7. The van der Waals surface area contributed by atoms with E-state index in [1.165, 1.54) is 12.1 Å². The molecule has 1 nitrogen and oxygen atoms in total. The van der Waals surface area contributed by atoms with Gasteiger partial charge in [-0.15, -0.1) is 11.6 Å². The van der Waals surface area contributed by atoms with Crippen molar-refractivity contribution in [2.24, 2.45) is 0 Å². The van der Waals surface area contributed by atoms with Crippen LogP contribution in [0.3, 0.4) is 0 Å². The van der Waals surface area contributed by atoms with Gasteiger partial charge >= 0.3 is 12.3 Å². The molecule has 0 aliphatic rings. The zero-order valence-corrected chi connectivity index (χ0v) is 8.45. The van der Waals surface area contributed by atoms with E-state index in [1.807, 2.05) is 0 Å². The van der Waals surface area contributed by atoms with Crippen LogP contribution < -0.4 is 4.74 Å². The molecule has 16 heavy (non-hydrogen) atoms. The predicted molar refractivity (Wildman–Crippen MR) is 47.6 cm³/mol. The Labute approximate surface area is 92.8 Å². The van der Waals surface area contributed by atoms with E-state index in [1.54, 1.807) is 0 Å². The first-order valence-corrected chi connectivity index (χ1v) is 4.58. The Bertz CT molecular complexity index is 346. The molecule has 0 saturated heterocycles. The summed E-state index contributed by atoms with van der Waals surface area (Å²) in [5, 5.41) is 0. The van der Waals surface area contributed by atoms with Crippen molar-refractivity contribution in [3.63, 3.8) is 0 Å². The van der Waals surface area contributed by atoms with Gasteiger partial charge in [0.25, 0.3) is 0 Å². The Hall–Kier alpha value is -1.04. The maximum absolute atomic E-state index is 12.4. The third kappa shape index (κ3) is 2.98. The van der Waals surface area contributed by atoms with Crippen LogP contribution in [-0.2, 0) is 5.88 Å². The first-order valence-electron chi connectivity index (χ1n) is 4.05. The van der Waals surface area contributed by atoms with Gasteiger partial charge < -0.3 is 4.74 Å². The van der Waals surface area contributed by atoms with Crippen LogP contribution in [0.2, 0.25) is 0 Å². The second kappa shape index (κ2) is 4.45. The second-order valence-electron chi connectivity index (χ2n) is 2.89. The zero-order valence-electron chi connectivity index (χ0n) is 7.69. The van der Waals surface area contributed by atoms with Gasteiger partial charge in [0.1, 0.15) is 5.75 Å². The standard InChI is InChI=1S/C9H6ClF5O/c10-5-6-1-3-7(4-2-6)16-9(14,15)8(11,12)13/h1-4H,5H2. The van der Waals surface area contributed by atoms with Crippen molar-refractivity contribution < 1.29 is 26.7 Å². The molecule has 0 heterocycles. The van der Waals surface area contributed by atoms with Crippen molar-refractivity contribution in [1.29, 1.82) is 0 Å². The van der Waals surface area contributed by atoms with Crippen molar-refractivity contribution in [3.8, 4) is 5.75 Å². The molecule has 0 aromatic heterocycles. The number of halogens is 6. The molecule has 0 bridgehead atoms. The highest BCUT2D eigenvalue weighted by atomic mass is 35.5. The van der Waals surface area contributed by atoms with Crippen molar-refractivity contribution >= 4 is 11.6 Å². The quantitative estimate of drug-likeness (QED) is 0.590. The Morgan fingerprint density at radius 2 is 1.50 bits per heavy atom. The van der Waals surface area contributed by atoms with Crippen LogP contribution in [-0.4, -0.2) is 12.3 Å². The van der Waals surface area contributed by atoms with Crippen LogP contribution in [0, 0.1) is 0 Å². The molecule has 0 N–H and O–H groups in total. The molecule has 0 fully saturated rings. The van der Waals surface area contributed by atoms with Crippen LogP contribution in [0.15, 0.2) is 24.3 Å². The highest BCUT2D eigenvalue weighted by Gasteiger charge is 2.61. The van der Waals surface area contributed by atoms with E-state index < -0.39 is 18.0 Å². The molecular weight excluding hydrogens is 255 g/mol. The molecular formula is C9H6ClF5O. The smallest absolute Gasteiger partial charge is 0.426 e. The Kier molecular flexibility index (Phi) is 3.62. The summed E-state index contributed by atoms with van der Waals surface area (Å²) in [6, 6.07) is 4.60. The Balaban J connectivity index is 2.80. The summed E-state index contributed by atoms with van der Waals surface area (Å²) in [5.74, 6) is -0.438. The summed E-state index contributed by atoms with van der Waals surface area (Å²) >= 11 is 5.42. The molecule has 90 valence electrons. The minimum atomic E-state index is -5.74. The van der Waals surface area contributed by atoms with Gasteiger partial charge in [-0.2, -0.15) is 22.0 Å². The molecule has 0 radical (unpaired) electrons. The van der Waals surface area contributed by atoms with Gasteiger partial charge in [0.05, 0.1) is 0 Å². The summed E-state index contributed by atoms with van der Waals surface area (Å²) in [6.45, 7) is 0. The normalized spacial score (nSPS) is 12.6. The lowest BCUT2D eigenvalue weighted by Gasteiger charge is -2.20. The predicted octanol–water partition coefficient (Wildman–Crippen LogP) is 3.96. The van der Waals surface area contributed by atoms with Gasteiger partial charge in [0.15, 0.2) is 0 Å². The highest BCUT2D eigenvalue weighted by Crippen LogP contribution is 2.37. The maximum Gasteiger partial charge on any atom is 0.499 e. The fourth-order valence-corrected chi connectivity index (χ4v) is 1.03. The van der Waals surface area contributed by atoms with E-state index in [9.17, 15) is 22.0 Å². The summed E-state index contributed by atoms with van der Waals surface area (Å²) in [4.78, 5) is 0. The van der Waals surface area contributed by atoms with Gasteiger partial charge in [-0.3, -0.25) is 0 Å². The third-order valence-electron chi connectivity index (χ3n) is 1.65. The fraction of sp³-hybridized carbons (Fsp3) is 0.333. The van der Waals surface area contributed by atoms with Crippen molar-refractivity contribution in [2.45, 2.75) is 18.2 Å². The first kappa shape index (κ1) is 13.0. The molecule has 1 aromatic rings. The first-order chi connectivity index (χ1) is 7.26. The van der Waals surface area contributed by atoms with Crippen LogP contribution >= 0.6 is 11.6 Å². The maximum atomic E-state index is 12.4. The lowest BCUT2D eigenvalue weighted by molar-refractivity contribution is -0.360. The number of rotatable bonds is 3. The highest BCUT2D eigenvalue weighted by molar-refractivity contribution is 6.17. The number of benzene rings is 1. The van der Waals surface area contributed by atoms with E-state index in [4.69, 9.17) is 11.6 Å². The van der Waals surface area contributed by atoms with Crippen molar-refractivity contribution in [3.05, 3.63) is 29.8 Å². The molecule has 0 aliphatic carbocycles. The van der Waals surface area contributed by atoms with Gasteiger partial charge in [-0.25, -0.2) is 0 Å². The average molecular weight is 261 g/mol. The lowest BCUT2D eigenvalue weighted by Crippen LogP contribution is -2.41. The molecule has 0 spiro atoms. The molecule has 1 rings (SSSR count). The number of ether oxygens (including phenoxy) is 1. The van der Waals surface area contributed by atoms with E-state index in [0.717, 1.165) is 12.1 Å². The lowest BCUT2D eigenvalue weighted by atomic mass is 10.2. The van der Waals surface area contributed by atoms with Gasteiger partial charge in [-0.05, 0) is 17.7 Å². The van der Waals surface area contributed by atoms with Crippen molar-refractivity contribution in [1.82, 2.24) is 0 Å². The third-order valence-corrected chi connectivity index (χ3v) is 1.96. The molecule has 0 saturated carbocycles. The number of hydrogen-bond donors (Lipinski definition) is 0. The molecule has 0 unspecified atom stereocenters. The fourth-order valence-electron chi connectivity index (χ4n) is 0.852. The SMILES string of the molecule is FC(F)(F)C(F)(F)Oc1ccc(CCl)cc1. The van der Waals surface area contributed by atoms with Crippen molar-refractivity contribution in [2.75, 3.05) is 0 Å². The average Bonchev–Trinajstić information content (AvgIpc) is 2.16. The molecule has 0 atom stereocenters. The minimum Gasteiger partial charge on any atom is -0.426 e. The van der Waals surface area contributed by atoms with E-state index in [0.29, 0.717) is 5.56 Å². The van der Waals surface area contributed by atoms with Gasteiger partial charge in [0.2, 0.25) is 0 Å². The monoisotopic (exact) mass is 260 g/mol. The molecule has 0 aliphatic heterocycles. The second-order valence-corrected chi connectivity index (χ2v) is 3.16. The van der Waals surface area contributed by atoms with Crippen LogP contribution in [0.25, 0.3) is 0 Å². The van der Waals surface area contributed by atoms with Crippen LogP contribution in [0.5, 0.6) is 5.75 Å². The molecule has 7 heteroatoms. The van der Waals surface area contributed by atoms with Crippen LogP contribution in [0.4, 0.5) is 22.0 Å². The van der Waals surface area contributed by atoms with E-state index in [-0.39, 0.29) is 5.88 Å². The van der Waals surface area contributed by atoms with E-state index >= 15 is 0 Å². The minimum absolute atomic E-state index is 0.135. The Morgan fingerprint density at radius 1 is 1.00 bits per heavy atom. The largest absolute Gasteiger partial charge is 0.499 e. The molecule has 1 aromatic carbocycles. The number of hydrogen-bond acceptors (Lipinski definition) is 1. The summed E-state index contributed by atoms with van der Waals surface area (Å²) in [6.07, 6.45) is -10.9. The topological polar surface area (TPSA) is 9.23 Å². The summed E-state index contributed by atoms with van der Waals surface area (Å²) in [7, 11) is 0. The van der Waals surface area contributed by atoms with Gasteiger partial charge in [-0.1, -0.05) is 12.1 Å².